The summed E-state index contributed by atoms with van der Waals surface area (Å²) in [5.74, 6) is 0.880. The molecule has 0 saturated carbocycles. The summed E-state index contributed by atoms with van der Waals surface area (Å²) in [6.07, 6.45) is 13.8. The summed E-state index contributed by atoms with van der Waals surface area (Å²) in [4.78, 5) is 0. The van der Waals surface area contributed by atoms with Gasteiger partial charge in [0.1, 0.15) is 0 Å². The summed E-state index contributed by atoms with van der Waals surface area (Å²) in [5, 5.41) is 15.1. The van der Waals surface area contributed by atoms with E-state index in [0.717, 1.165) is 17.9 Å². The first-order chi connectivity index (χ1) is 9.74. The standard InChI is InChI=1S/C15H25N.C2H6.CHN/c1-4-6-11-15(5-2)12-9-7-8-10-14(3)13-16;2*1-2/h7-8,10,15H,4-6,9,11-12H2,1-3H3;1-2H3;1H/b8-7+,14-10+;;. The monoisotopic (exact) mass is 276 g/mol. The first-order valence-corrected chi connectivity index (χ1v) is 7.73. The van der Waals surface area contributed by atoms with E-state index in [1.165, 1.54) is 32.1 Å². The lowest BCUT2D eigenvalue weighted by atomic mass is 9.94. The third-order valence-corrected chi connectivity index (χ3v) is 2.94. The topological polar surface area (TPSA) is 47.6 Å². The Morgan fingerprint density at radius 1 is 1.20 bits per heavy atom. The maximum atomic E-state index is 8.56. The predicted octanol–water partition coefficient (Wildman–Crippen LogP) is 6.18. The Bertz CT molecular complexity index is 292. The van der Waals surface area contributed by atoms with E-state index in [9.17, 15) is 0 Å². The summed E-state index contributed by atoms with van der Waals surface area (Å²) in [5.41, 5.74) is 0.772. The number of nitrogens with zero attached hydrogens (tertiary/aromatic N) is 2. The van der Waals surface area contributed by atoms with Gasteiger partial charge in [-0.1, -0.05) is 65.5 Å². The number of hydrogen-bond donors (Lipinski definition) is 0. The molecule has 0 saturated heterocycles. The molecule has 0 fully saturated rings. The largest absolute Gasteiger partial charge is 0.202 e. The van der Waals surface area contributed by atoms with Crippen LogP contribution in [0.5, 0.6) is 0 Å². The Balaban J connectivity index is -0.000000656. The highest BCUT2D eigenvalue weighted by Crippen LogP contribution is 2.18. The van der Waals surface area contributed by atoms with E-state index in [4.69, 9.17) is 10.5 Å². The molecule has 0 aromatic heterocycles. The molecule has 0 aliphatic carbocycles. The van der Waals surface area contributed by atoms with Crippen molar-refractivity contribution in [3.05, 3.63) is 23.8 Å². The number of nitriles is 2. The van der Waals surface area contributed by atoms with E-state index in [0.29, 0.717) is 0 Å². The molecule has 20 heavy (non-hydrogen) atoms. The van der Waals surface area contributed by atoms with Gasteiger partial charge in [0.05, 0.1) is 6.07 Å². The van der Waals surface area contributed by atoms with Gasteiger partial charge >= 0.3 is 0 Å². The lowest BCUT2D eigenvalue weighted by molar-refractivity contribution is 0.425. The molecule has 1 unspecified atom stereocenters. The van der Waals surface area contributed by atoms with Crippen molar-refractivity contribution in [2.45, 2.75) is 73.1 Å². The Morgan fingerprint density at radius 3 is 2.25 bits per heavy atom. The van der Waals surface area contributed by atoms with E-state index < -0.39 is 0 Å². The summed E-state index contributed by atoms with van der Waals surface area (Å²) in [7, 11) is 0. The van der Waals surface area contributed by atoms with Gasteiger partial charge in [-0.05, 0) is 31.8 Å². The first-order valence-electron chi connectivity index (χ1n) is 7.73. The van der Waals surface area contributed by atoms with Crippen LogP contribution in [-0.4, -0.2) is 0 Å². The Labute approximate surface area is 126 Å². The minimum atomic E-state index is 0.772. The van der Waals surface area contributed by atoms with Crippen LogP contribution in [0.4, 0.5) is 0 Å². The molecule has 114 valence electrons. The average Bonchev–Trinajstić information content (AvgIpc) is 2.53. The fraction of sp³-hybridized carbons (Fsp3) is 0.667. The molecular formula is C18H32N2. The minimum Gasteiger partial charge on any atom is -0.202 e. The third-order valence-electron chi connectivity index (χ3n) is 2.94. The van der Waals surface area contributed by atoms with Gasteiger partial charge < -0.3 is 0 Å². The molecule has 0 heterocycles. The molecule has 0 aliphatic heterocycles. The van der Waals surface area contributed by atoms with E-state index in [-0.39, 0.29) is 0 Å². The van der Waals surface area contributed by atoms with Crippen molar-refractivity contribution in [1.82, 2.24) is 0 Å². The lowest BCUT2D eigenvalue weighted by Gasteiger charge is -2.12. The molecule has 0 rings (SSSR count). The van der Waals surface area contributed by atoms with Crippen molar-refractivity contribution in [1.29, 1.82) is 10.5 Å². The van der Waals surface area contributed by atoms with Gasteiger partial charge in [0, 0.05) is 12.1 Å². The van der Waals surface area contributed by atoms with Gasteiger partial charge in [0.25, 0.3) is 0 Å². The molecule has 0 spiro atoms. The van der Waals surface area contributed by atoms with Crippen LogP contribution in [0.25, 0.3) is 0 Å². The second kappa shape index (κ2) is 22.6. The highest BCUT2D eigenvalue weighted by molar-refractivity contribution is 5.22. The minimum absolute atomic E-state index is 0.772. The zero-order valence-electron chi connectivity index (χ0n) is 14.0. The average molecular weight is 276 g/mol. The Kier molecular flexibility index (Phi) is 26.6. The quantitative estimate of drug-likeness (QED) is 0.393. The van der Waals surface area contributed by atoms with Crippen molar-refractivity contribution in [2.24, 2.45) is 5.92 Å². The molecule has 0 aliphatic rings. The van der Waals surface area contributed by atoms with E-state index in [1.807, 2.05) is 32.9 Å². The van der Waals surface area contributed by atoms with E-state index in [2.05, 4.69) is 32.6 Å². The second-order valence-electron chi connectivity index (χ2n) is 4.38. The molecule has 0 amide bonds. The SMILES string of the molecule is C#N.CC.CCCCC(CC)CC/C=C/C=C(\C)C#N. The number of hydrogen-bond acceptors (Lipinski definition) is 2. The second-order valence-corrected chi connectivity index (χ2v) is 4.38. The number of rotatable bonds is 8. The smallest absolute Gasteiger partial charge is 0.0944 e. The van der Waals surface area contributed by atoms with Crippen molar-refractivity contribution in [2.75, 3.05) is 0 Å². The van der Waals surface area contributed by atoms with Crippen LogP contribution >= 0.6 is 0 Å². The predicted molar refractivity (Wildman–Crippen MR) is 89.1 cm³/mol. The maximum absolute atomic E-state index is 8.56. The zero-order chi connectivity index (χ0) is 16.2. The summed E-state index contributed by atoms with van der Waals surface area (Å²) in [6, 6.07) is 2.11. The maximum Gasteiger partial charge on any atom is 0.0944 e. The van der Waals surface area contributed by atoms with Gasteiger partial charge in [-0.2, -0.15) is 5.26 Å². The zero-order valence-corrected chi connectivity index (χ0v) is 14.0. The molecular weight excluding hydrogens is 244 g/mol. The Hall–Kier alpha value is -1.54. The third kappa shape index (κ3) is 18.8. The number of allylic oxidation sites excluding steroid dienone is 4. The van der Waals surface area contributed by atoms with E-state index in [1.54, 1.807) is 0 Å². The summed E-state index contributed by atoms with van der Waals surface area (Å²) in [6.45, 7) is 13.9. The highest BCUT2D eigenvalue weighted by atomic mass is 14.2. The van der Waals surface area contributed by atoms with Crippen LogP contribution in [0.1, 0.15) is 73.1 Å². The molecule has 0 radical (unpaired) electrons. The number of unbranched alkanes of at least 4 members (excludes halogenated alkanes) is 1. The highest BCUT2D eigenvalue weighted by Gasteiger charge is 2.03. The first kappa shape index (κ1) is 23.5. The van der Waals surface area contributed by atoms with Crippen LogP contribution in [-0.2, 0) is 0 Å². The van der Waals surface area contributed by atoms with Crippen LogP contribution in [0.3, 0.4) is 0 Å². The summed E-state index contributed by atoms with van der Waals surface area (Å²) >= 11 is 0. The van der Waals surface area contributed by atoms with E-state index >= 15 is 0 Å². The van der Waals surface area contributed by atoms with Crippen LogP contribution in [0.15, 0.2) is 23.8 Å². The molecule has 0 aromatic rings. The van der Waals surface area contributed by atoms with Gasteiger partial charge in [-0.3, -0.25) is 0 Å². The normalized spacial score (nSPS) is 11.6. The lowest BCUT2D eigenvalue weighted by Crippen LogP contribution is -1.97. The van der Waals surface area contributed by atoms with Crippen molar-refractivity contribution in [3.8, 4) is 12.6 Å². The van der Waals surface area contributed by atoms with Crippen LogP contribution < -0.4 is 0 Å². The molecule has 0 aromatic carbocycles. The fourth-order valence-corrected chi connectivity index (χ4v) is 1.72. The fourth-order valence-electron chi connectivity index (χ4n) is 1.72. The molecule has 0 N–H and O–H groups in total. The van der Waals surface area contributed by atoms with Crippen molar-refractivity contribution >= 4 is 0 Å². The van der Waals surface area contributed by atoms with Gasteiger partial charge in [-0.25, -0.2) is 5.26 Å². The summed E-state index contributed by atoms with van der Waals surface area (Å²) < 4.78 is 0. The van der Waals surface area contributed by atoms with Gasteiger partial charge in [0.2, 0.25) is 0 Å². The molecule has 2 heteroatoms. The van der Waals surface area contributed by atoms with Crippen molar-refractivity contribution < 1.29 is 0 Å². The molecule has 0 bridgehead atoms. The van der Waals surface area contributed by atoms with Gasteiger partial charge in [-0.15, -0.1) is 0 Å². The van der Waals surface area contributed by atoms with Crippen LogP contribution in [0, 0.1) is 29.1 Å². The Morgan fingerprint density at radius 2 is 1.80 bits per heavy atom. The molecule has 1 atom stereocenters. The van der Waals surface area contributed by atoms with Gasteiger partial charge in [0.15, 0.2) is 0 Å². The van der Waals surface area contributed by atoms with Crippen molar-refractivity contribution in [3.63, 3.8) is 0 Å². The molecule has 2 nitrogen and oxygen atoms in total. The van der Waals surface area contributed by atoms with Crippen LogP contribution in [0.2, 0.25) is 0 Å².